The van der Waals surface area contributed by atoms with E-state index in [1.807, 2.05) is 45.0 Å². The van der Waals surface area contributed by atoms with Crippen LogP contribution >= 0.6 is 0 Å². The van der Waals surface area contributed by atoms with Gasteiger partial charge in [-0.3, -0.25) is 14.3 Å². The molecule has 0 bridgehead atoms. The summed E-state index contributed by atoms with van der Waals surface area (Å²) < 4.78 is 13.4. The fourth-order valence-corrected chi connectivity index (χ4v) is 3.10. The van der Waals surface area contributed by atoms with Crippen LogP contribution in [0.25, 0.3) is 11.2 Å². The van der Waals surface area contributed by atoms with Gasteiger partial charge in [-0.15, -0.1) is 0 Å². The molecule has 32 heavy (non-hydrogen) atoms. The molecule has 0 amide bonds. The van der Waals surface area contributed by atoms with Crippen LogP contribution in [0.5, 0.6) is 5.75 Å². The molecule has 0 fully saturated rings. The van der Waals surface area contributed by atoms with Gasteiger partial charge in [-0.1, -0.05) is 0 Å². The van der Waals surface area contributed by atoms with Crippen LogP contribution in [0, 0.1) is 0 Å². The molecular formula is C21H28N6O5. The molecule has 0 saturated heterocycles. The molecule has 2 heterocycles. The largest absolute Gasteiger partial charge is 0.497 e. The van der Waals surface area contributed by atoms with Crippen molar-refractivity contribution in [1.29, 1.82) is 0 Å². The van der Waals surface area contributed by atoms with Gasteiger partial charge in [-0.05, 0) is 50.6 Å². The molecule has 0 aliphatic heterocycles. The number of rotatable bonds is 9. The van der Waals surface area contributed by atoms with Crippen LogP contribution in [0.3, 0.4) is 0 Å². The van der Waals surface area contributed by atoms with Gasteiger partial charge in [-0.25, -0.2) is 10.2 Å². The lowest BCUT2D eigenvalue weighted by atomic mass is 10.1. The van der Waals surface area contributed by atoms with E-state index in [0.29, 0.717) is 5.71 Å². The number of ether oxygens (including phenoxy) is 2. The lowest BCUT2D eigenvalue weighted by Crippen LogP contribution is -2.30. The number of methoxy groups -OCH3 is 1. The Morgan fingerprint density at radius 2 is 1.97 bits per heavy atom. The Kier molecular flexibility index (Phi) is 7.11. The molecule has 172 valence electrons. The minimum Gasteiger partial charge on any atom is -0.497 e. The third-order valence-electron chi connectivity index (χ3n) is 4.85. The highest BCUT2D eigenvalue weighted by atomic mass is 16.5. The van der Waals surface area contributed by atoms with Crippen molar-refractivity contribution in [2.75, 3.05) is 19.1 Å². The lowest BCUT2D eigenvalue weighted by molar-refractivity contribution is -0.000105. The summed E-state index contributed by atoms with van der Waals surface area (Å²) in [6, 6.07) is 7.38. The zero-order valence-corrected chi connectivity index (χ0v) is 18.7. The van der Waals surface area contributed by atoms with Gasteiger partial charge in [0.1, 0.15) is 5.75 Å². The van der Waals surface area contributed by atoms with Crippen molar-refractivity contribution >= 4 is 22.8 Å². The maximum Gasteiger partial charge on any atom is 0.329 e. The number of nitrogens with one attached hydrogen (secondary N) is 2. The molecule has 0 radical (unpaired) electrons. The van der Waals surface area contributed by atoms with Gasteiger partial charge in [0.25, 0.3) is 5.56 Å². The van der Waals surface area contributed by atoms with E-state index in [0.717, 1.165) is 11.3 Å². The summed E-state index contributed by atoms with van der Waals surface area (Å²) in [5.41, 5.74) is 3.53. The molecule has 0 aliphatic carbocycles. The number of imidazole rings is 1. The SMILES string of the molecule is COc1ccc(/C(C)=N\Nc2nc3c(c(=O)[nH]c(=O)n3C)n2C[C@@H](O)COC(C)C)cc1. The van der Waals surface area contributed by atoms with Gasteiger partial charge in [0, 0.05) is 7.05 Å². The predicted octanol–water partition coefficient (Wildman–Crippen LogP) is 1.05. The number of anilines is 1. The Morgan fingerprint density at radius 1 is 1.28 bits per heavy atom. The van der Waals surface area contributed by atoms with Gasteiger partial charge in [0.15, 0.2) is 11.2 Å². The highest BCUT2D eigenvalue weighted by Gasteiger charge is 2.20. The minimum atomic E-state index is -0.904. The third kappa shape index (κ3) is 5.06. The van der Waals surface area contributed by atoms with E-state index in [1.54, 1.807) is 7.11 Å². The van der Waals surface area contributed by atoms with Gasteiger partial charge in [-0.2, -0.15) is 10.1 Å². The number of nitrogens with zero attached hydrogens (tertiary/aromatic N) is 4. The Bertz CT molecular complexity index is 1220. The second-order valence-electron chi connectivity index (χ2n) is 7.61. The van der Waals surface area contributed by atoms with Crippen LogP contribution in [0.15, 0.2) is 39.0 Å². The maximum atomic E-state index is 12.5. The molecule has 1 atom stereocenters. The highest BCUT2D eigenvalue weighted by molar-refractivity contribution is 5.99. The van der Waals surface area contributed by atoms with Gasteiger partial charge >= 0.3 is 5.69 Å². The molecule has 11 nitrogen and oxygen atoms in total. The van der Waals surface area contributed by atoms with E-state index < -0.39 is 17.4 Å². The molecule has 1 aromatic carbocycles. The van der Waals surface area contributed by atoms with Gasteiger partial charge < -0.3 is 19.1 Å². The summed E-state index contributed by atoms with van der Waals surface area (Å²) in [6.07, 6.45) is -0.957. The normalized spacial score (nSPS) is 13.0. The molecule has 11 heteroatoms. The van der Waals surface area contributed by atoms with Crippen molar-refractivity contribution in [2.45, 2.75) is 39.5 Å². The Labute approximate surface area is 184 Å². The van der Waals surface area contributed by atoms with E-state index in [9.17, 15) is 14.7 Å². The van der Waals surface area contributed by atoms with Crippen molar-refractivity contribution in [1.82, 2.24) is 19.1 Å². The average Bonchev–Trinajstić information content (AvgIpc) is 3.13. The van der Waals surface area contributed by atoms with E-state index in [4.69, 9.17) is 9.47 Å². The fraction of sp³-hybridized carbons (Fsp3) is 0.429. The van der Waals surface area contributed by atoms with Crippen molar-refractivity contribution in [3.63, 3.8) is 0 Å². The van der Waals surface area contributed by atoms with E-state index >= 15 is 0 Å². The Balaban J connectivity index is 1.98. The molecule has 0 aliphatic rings. The first-order chi connectivity index (χ1) is 15.2. The molecule has 3 N–H and O–H groups in total. The Morgan fingerprint density at radius 3 is 2.59 bits per heavy atom. The van der Waals surface area contributed by atoms with Crippen molar-refractivity contribution in [3.05, 3.63) is 50.7 Å². The van der Waals surface area contributed by atoms with Gasteiger partial charge in [0.05, 0.1) is 38.2 Å². The lowest BCUT2D eigenvalue weighted by Gasteiger charge is -2.16. The van der Waals surface area contributed by atoms with E-state index in [2.05, 4.69) is 20.5 Å². The zero-order chi connectivity index (χ0) is 23.4. The van der Waals surface area contributed by atoms with Crippen molar-refractivity contribution < 1.29 is 14.6 Å². The summed E-state index contributed by atoms with van der Waals surface area (Å²) >= 11 is 0. The number of hydrogen-bond acceptors (Lipinski definition) is 8. The summed E-state index contributed by atoms with van der Waals surface area (Å²) in [7, 11) is 3.10. The van der Waals surface area contributed by atoms with Crippen molar-refractivity contribution in [2.24, 2.45) is 12.1 Å². The summed E-state index contributed by atoms with van der Waals surface area (Å²) in [5.74, 6) is 0.942. The topological polar surface area (TPSA) is 136 Å². The van der Waals surface area contributed by atoms with Crippen LogP contribution in [0.4, 0.5) is 5.95 Å². The first-order valence-electron chi connectivity index (χ1n) is 10.1. The molecule has 0 spiro atoms. The number of aliphatic hydroxyl groups excluding tert-OH is 1. The first-order valence-corrected chi connectivity index (χ1v) is 10.1. The van der Waals surface area contributed by atoms with E-state index in [1.165, 1.54) is 16.2 Å². The summed E-state index contributed by atoms with van der Waals surface area (Å²) in [4.78, 5) is 31.2. The van der Waals surface area contributed by atoms with Crippen molar-refractivity contribution in [3.8, 4) is 5.75 Å². The molecule has 0 saturated carbocycles. The highest BCUT2D eigenvalue weighted by Crippen LogP contribution is 2.17. The molecular weight excluding hydrogens is 416 g/mol. The number of aromatic nitrogens is 4. The summed E-state index contributed by atoms with van der Waals surface area (Å²) in [6.45, 7) is 5.64. The first kappa shape index (κ1) is 23.2. The van der Waals surface area contributed by atoms with Crippen LogP contribution in [0.1, 0.15) is 26.3 Å². The number of aliphatic hydroxyl groups is 1. The maximum absolute atomic E-state index is 12.5. The fourth-order valence-electron chi connectivity index (χ4n) is 3.10. The quantitative estimate of drug-likeness (QED) is 0.332. The molecule has 3 aromatic rings. The second-order valence-corrected chi connectivity index (χ2v) is 7.61. The standard InChI is InChI=1S/C21H28N6O5/c1-12(2)32-11-15(28)10-27-17-18(26(4)21(30)23-19(17)29)22-20(27)25-24-13(3)14-6-8-16(31-5)9-7-14/h6-9,12,15,28H,10-11H2,1-5H3,(H,22,25)(H,23,29,30)/b24-13-/t15-/m1/s1. The Hall–Kier alpha value is -3.44. The number of hydrazone groups is 1. The van der Waals surface area contributed by atoms with Crippen LogP contribution < -0.4 is 21.4 Å². The second kappa shape index (κ2) is 9.79. The monoisotopic (exact) mass is 444 g/mol. The number of fused-ring (bicyclic) bond motifs is 1. The average molecular weight is 444 g/mol. The van der Waals surface area contributed by atoms with Gasteiger partial charge in [0.2, 0.25) is 5.95 Å². The number of hydrogen-bond donors (Lipinski definition) is 3. The van der Waals surface area contributed by atoms with E-state index in [-0.39, 0.29) is 36.4 Å². The number of H-pyrrole nitrogens is 1. The smallest absolute Gasteiger partial charge is 0.329 e. The predicted molar refractivity (Wildman–Crippen MR) is 122 cm³/mol. The van der Waals surface area contributed by atoms with Crippen LogP contribution in [-0.4, -0.2) is 55.8 Å². The number of aryl methyl sites for hydroxylation is 1. The molecule has 0 unspecified atom stereocenters. The number of benzene rings is 1. The third-order valence-corrected chi connectivity index (χ3v) is 4.85. The number of aromatic amines is 1. The van der Waals surface area contributed by atoms with Crippen LogP contribution in [-0.2, 0) is 18.3 Å². The minimum absolute atomic E-state index is 0.0178. The molecule has 2 aromatic heterocycles. The van der Waals surface area contributed by atoms with Crippen LogP contribution in [0.2, 0.25) is 0 Å². The molecule has 3 rings (SSSR count). The summed E-state index contributed by atoms with van der Waals surface area (Å²) in [5, 5.41) is 14.8. The zero-order valence-electron chi connectivity index (χ0n) is 18.7.